The Morgan fingerprint density at radius 2 is 2.23 bits per heavy atom. The lowest BCUT2D eigenvalue weighted by Gasteiger charge is -2.03. The van der Waals surface area contributed by atoms with Crippen molar-refractivity contribution in [2.75, 3.05) is 7.11 Å². The first-order valence-corrected chi connectivity index (χ1v) is 4.11. The second-order valence-corrected chi connectivity index (χ2v) is 3.08. The standard InChI is InChI=1S/C9H10ClNO2/c1-13-8-3-6(4-9(11)12)2-7(10)5-8/h2-3,5H,4H2,1H3,(H2,11,12). The van der Waals surface area contributed by atoms with E-state index in [0.29, 0.717) is 10.8 Å². The van der Waals surface area contributed by atoms with Crippen molar-refractivity contribution in [1.29, 1.82) is 0 Å². The molecular formula is C9H10ClNO2. The molecule has 70 valence electrons. The van der Waals surface area contributed by atoms with Crippen molar-refractivity contribution in [1.82, 2.24) is 0 Å². The second-order valence-electron chi connectivity index (χ2n) is 2.64. The Morgan fingerprint density at radius 3 is 2.77 bits per heavy atom. The van der Waals surface area contributed by atoms with E-state index in [4.69, 9.17) is 22.1 Å². The molecular weight excluding hydrogens is 190 g/mol. The third kappa shape index (κ3) is 2.95. The minimum Gasteiger partial charge on any atom is -0.497 e. The molecule has 0 aliphatic heterocycles. The van der Waals surface area contributed by atoms with Crippen molar-refractivity contribution in [2.45, 2.75) is 6.42 Å². The third-order valence-electron chi connectivity index (χ3n) is 1.55. The SMILES string of the molecule is COc1cc(Cl)cc(CC(N)=O)c1. The summed E-state index contributed by atoms with van der Waals surface area (Å²) in [6, 6.07) is 5.09. The maximum atomic E-state index is 10.6. The van der Waals surface area contributed by atoms with Crippen LogP contribution in [0.4, 0.5) is 0 Å². The summed E-state index contributed by atoms with van der Waals surface area (Å²) in [6.45, 7) is 0. The van der Waals surface area contributed by atoms with Gasteiger partial charge in [0.25, 0.3) is 0 Å². The van der Waals surface area contributed by atoms with Crippen molar-refractivity contribution in [3.8, 4) is 5.75 Å². The normalized spacial score (nSPS) is 9.69. The number of benzene rings is 1. The number of halogens is 1. The summed E-state index contributed by atoms with van der Waals surface area (Å²) in [7, 11) is 1.54. The number of rotatable bonds is 3. The van der Waals surface area contributed by atoms with Crippen molar-refractivity contribution in [3.63, 3.8) is 0 Å². The molecule has 0 bridgehead atoms. The number of ether oxygens (including phenoxy) is 1. The summed E-state index contributed by atoms with van der Waals surface area (Å²) in [5, 5.41) is 0.538. The van der Waals surface area contributed by atoms with Gasteiger partial charge in [-0.05, 0) is 23.8 Å². The third-order valence-corrected chi connectivity index (χ3v) is 1.76. The Hall–Kier alpha value is -1.22. The Balaban J connectivity index is 2.94. The summed E-state index contributed by atoms with van der Waals surface area (Å²) >= 11 is 5.78. The fourth-order valence-corrected chi connectivity index (χ4v) is 1.29. The van der Waals surface area contributed by atoms with Crippen molar-refractivity contribution >= 4 is 17.5 Å². The van der Waals surface area contributed by atoms with Crippen LogP contribution in [0.3, 0.4) is 0 Å². The van der Waals surface area contributed by atoms with Crippen LogP contribution in [-0.4, -0.2) is 13.0 Å². The van der Waals surface area contributed by atoms with Gasteiger partial charge >= 0.3 is 0 Å². The second kappa shape index (κ2) is 4.14. The molecule has 1 aromatic rings. The predicted molar refractivity (Wildman–Crippen MR) is 50.9 cm³/mol. The van der Waals surface area contributed by atoms with Gasteiger partial charge in [-0.25, -0.2) is 0 Å². The lowest BCUT2D eigenvalue weighted by Crippen LogP contribution is -2.13. The molecule has 0 fully saturated rings. The minimum atomic E-state index is -0.385. The quantitative estimate of drug-likeness (QED) is 0.800. The molecule has 0 aliphatic rings. The number of hydrogen-bond donors (Lipinski definition) is 1. The van der Waals surface area contributed by atoms with E-state index < -0.39 is 0 Å². The molecule has 0 heterocycles. The van der Waals surface area contributed by atoms with Crippen LogP contribution in [0.5, 0.6) is 5.75 Å². The zero-order chi connectivity index (χ0) is 9.84. The fraction of sp³-hybridized carbons (Fsp3) is 0.222. The van der Waals surface area contributed by atoms with Crippen LogP contribution in [0.25, 0.3) is 0 Å². The molecule has 0 aliphatic carbocycles. The Morgan fingerprint density at radius 1 is 1.54 bits per heavy atom. The highest BCUT2D eigenvalue weighted by Gasteiger charge is 2.02. The average Bonchev–Trinajstić information content (AvgIpc) is 2.01. The molecule has 1 amide bonds. The Kier molecular flexibility index (Phi) is 3.14. The largest absolute Gasteiger partial charge is 0.497 e. The van der Waals surface area contributed by atoms with Gasteiger partial charge in [0, 0.05) is 5.02 Å². The number of nitrogens with two attached hydrogens (primary N) is 1. The first kappa shape index (κ1) is 9.86. The van der Waals surface area contributed by atoms with E-state index in [1.54, 1.807) is 25.3 Å². The number of primary amides is 1. The lowest BCUT2D eigenvalue weighted by molar-refractivity contribution is -0.117. The van der Waals surface area contributed by atoms with E-state index in [1.165, 1.54) is 0 Å². The molecule has 0 saturated carbocycles. The zero-order valence-corrected chi connectivity index (χ0v) is 7.97. The van der Waals surface area contributed by atoms with Gasteiger partial charge in [0.05, 0.1) is 13.5 Å². The molecule has 0 saturated heterocycles. The van der Waals surface area contributed by atoms with Crippen LogP contribution < -0.4 is 10.5 Å². The molecule has 0 aromatic heterocycles. The molecule has 13 heavy (non-hydrogen) atoms. The highest BCUT2D eigenvalue weighted by molar-refractivity contribution is 6.30. The molecule has 2 N–H and O–H groups in total. The van der Waals surface area contributed by atoms with Gasteiger partial charge in [-0.1, -0.05) is 11.6 Å². The molecule has 1 aromatic carbocycles. The highest BCUT2D eigenvalue weighted by Crippen LogP contribution is 2.20. The fourth-order valence-electron chi connectivity index (χ4n) is 1.04. The van der Waals surface area contributed by atoms with E-state index in [-0.39, 0.29) is 12.3 Å². The van der Waals surface area contributed by atoms with E-state index in [1.807, 2.05) is 0 Å². The number of carbonyl (C=O) groups is 1. The van der Waals surface area contributed by atoms with Gasteiger partial charge in [-0.15, -0.1) is 0 Å². The summed E-state index contributed by atoms with van der Waals surface area (Å²) in [4.78, 5) is 10.6. The van der Waals surface area contributed by atoms with E-state index in [9.17, 15) is 4.79 Å². The van der Waals surface area contributed by atoms with Gasteiger partial charge in [0.1, 0.15) is 5.75 Å². The van der Waals surface area contributed by atoms with Crippen molar-refractivity contribution < 1.29 is 9.53 Å². The smallest absolute Gasteiger partial charge is 0.221 e. The van der Waals surface area contributed by atoms with Crippen molar-refractivity contribution in [2.24, 2.45) is 5.73 Å². The molecule has 4 heteroatoms. The maximum absolute atomic E-state index is 10.6. The molecule has 0 unspecified atom stereocenters. The van der Waals surface area contributed by atoms with Crippen molar-refractivity contribution in [3.05, 3.63) is 28.8 Å². The Bertz CT molecular complexity index is 325. The van der Waals surface area contributed by atoms with Crippen LogP contribution in [0.2, 0.25) is 5.02 Å². The minimum absolute atomic E-state index is 0.178. The zero-order valence-electron chi connectivity index (χ0n) is 7.21. The maximum Gasteiger partial charge on any atom is 0.221 e. The van der Waals surface area contributed by atoms with Gasteiger partial charge in [0.2, 0.25) is 5.91 Å². The molecule has 1 rings (SSSR count). The van der Waals surface area contributed by atoms with Crippen LogP contribution in [-0.2, 0) is 11.2 Å². The molecule has 0 spiro atoms. The molecule has 0 atom stereocenters. The number of carbonyl (C=O) groups excluding carboxylic acids is 1. The first-order valence-electron chi connectivity index (χ1n) is 3.73. The average molecular weight is 200 g/mol. The number of hydrogen-bond acceptors (Lipinski definition) is 2. The molecule has 3 nitrogen and oxygen atoms in total. The Labute approximate surface area is 81.4 Å². The summed E-state index contributed by atoms with van der Waals surface area (Å²) in [6.07, 6.45) is 0.178. The van der Waals surface area contributed by atoms with E-state index in [2.05, 4.69) is 0 Å². The lowest BCUT2D eigenvalue weighted by atomic mass is 10.1. The first-order chi connectivity index (χ1) is 6.11. The summed E-state index contributed by atoms with van der Waals surface area (Å²) in [5.41, 5.74) is 5.80. The summed E-state index contributed by atoms with van der Waals surface area (Å²) in [5.74, 6) is 0.244. The predicted octanol–water partition coefficient (Wildman–Crippen LogP) is 1.38. The van der Waals surface area contributed by atoms with Crippen LogP contribution in [0, 0.1) is 0 Å². The number of amides is 1. The van der Waals surface area contributed by atoms with Gasteiger partial charge in [0.15, 0.2) is 0 Å². The van der Waals surface area contributed by atoms with Crippen LogP contribution >= 0.6 is 11.6 Å². The number of methoxy groups -OCH3 is 1. The summed E-state index contributed by atoms with van der Waals surface area (Å²) < 4.78 is 4.98. The van der Waals surface area contributed by atoms with E-state index in [0.717, 1.165) is 5.56 Å². The van der Waals surface area contributed by atoms with E-state index >= 15 is 0 Å². The van der Waals surface area contributed by atoms with Gasteiger partial charge in [-0.3, -0.25) is 4.79 Å². The topological polar surface area (TPSA) is 52.3 Å². The van der Waals surface area contributed by atoms with Crippen LogP contribution in [0.1, 0.15) is 5.56 Å². The van der Waals surface area contributed by atoms with Crippen LogP contribution in [0.15, 0.2) is 18.2 Å². The van der Waals surface area contributed by atoms with Gasteiger partial charge < -0.3 is 10.5 Å². The molecule has 0 radical (unpaired) electrons. The highest BCUT2D eigenvalue weighted by atomic mass is 35.5. The van der Waals surface area contributed by atoms with Gasteiger partial charge in [-0.2, -0.15) is 0 Å². The monoisotopic (exact) mass is 199 g/mol.